The van der Waals surface area contributed by atoms with Gasteiger partial charge in [0.1, 0.15) is 0 Å². The highest BCUT2D eigenvalue weighted by Gasteiger charge is 2.06. The molecule has 84 valence electrons. The quantitative estimate of drug-likeness (QED) is 0.628. The first-order valence-corrected chi connectivity index (χ1v) is 7.14. The van der Waals surface area contributed by atoms with Gasteiger partial charge in [-0.3, -0.25) is 4.79 Å². The molecule has 0 fully saturated rings. The Bertz CT molecular complexity index is 317. The summed E-state index contributed by atoms with van der Waals surface area (Å²) in [7, 11) is 0. The van der Waals surface area contributed by atoms with Gasteiger partial charge in [0.25, 0.3) is 5.91 Å². The molecule has 1 rings (SSSR count). The molecule has 1 aromatic rings. The maximum atomic E-state index is 11.5. The minimum Gasteiger partial charge on any atom is -0.379 e. The lowest BCUT2D eigenvalue weighted by molar-refractivity contribution is 0.0928. The summed E-state index contributed by atoms with van der Waals surface area (Å²) in [5.41, 5.74) is 0. The summed E-state index contributed by atoms with van der Waals surface area (Å²) in [4.78, 5) is 12.2. The van der Waals surface area contributed by atoms with E-state index in [0.717, 1.165) is 9.12 Å². The predicted molar refractivity (Wildman–Crippen MR) is 69.0 cm³/mol. The fourth-order valence-electron chi connectivity index (χ4n) is 0.917. The van der Waals surface area contributed by atoms with Gasteiger partial charge in [0.15, 0.2) is 0 Å². The molecule has 0 aliphatic heterocycles. The van der Waals surface area contributed by atoms with Gasteiger partial charge in [0.2, 0.25) is 0 Å². The number of ether oxygens (including phenoxy) is 1. The van der Waals surface area contributed by atoms with Crippen molar-refractivity contribution in [1.82, 2.24) is 5.32 Å². The van der Waals surface area contributed by atoms with Gasteiger partial charge < -0.3 is 10.1 Å². The van der Waals surface area contributed by atoms with E-state index >= 15 is 0 Å². The summed E-state index contributed by atoms with van der Waals surface area (Å²) in [6, 6.07) is 3.66. The van der Waals surface area contributed by atoms with E-state index in [1.54, 1.807) is 6.07 Å². The van der Waals surface area contributed by atoms with Crippen LogP contribution in [0.15, 0.2) is 15.9 Å². The van der Waals surface area contributed by atoms with Gasteiger partial charge in [0, 0.05) is 11.9 Å². The van der Waals surface area contributed by atoms with Crippen LogP contribution in [0.4, 0.5) is 0 Å². The molecule has 0 aromatic carbocycles. The molecule has 6 heteroatoms. The van der Waals surface area contributed by atoms with Crippen molar-refractivity contribution in [2.45, 2.75) is 0 Å². The third-order valence-electron chi connectivity index (χ3n) is 1.55. The maximum absolute atomic E-state index is 11.5. The molecule has 0 radical (unpaired) electrons. The lowest BCUT2D eigenvalue weighted by Crippen LogP contribution is -2.26. The lowest BCUT2D eigenvalue weighted by atomic mass is 10.4. The van der Waals surface area contributed by atoms with Crippen LogP contribution in [0.2, 0.25) is 0 Å². The van der Waals surface area contributed by atoms with E-state index in [1.807, 2.05) is 6.07 Å². The van der Waals surface area contributed by atoms with Gasteiger partial charge in [-0.05, 0) is 28.1 Å². The normalized spacial score (nSPS) is 10.3. The van der Waals surface area contributed by atoms with E-state index in [0.29, 0.717) is 24.6 Å². The van der Waals surface area contributed by atoms with Crippen molar-refractivity contribution in [2.24, 2.45) is 0 Å². The van der Waals surface area contributed by atoms with Gasteiger partial charge in [-0.2, -0.15) is 0 Å². The summed E-state index contributed by atoms with van der Waals surface area (Å²) in [6.07, 6.45) is 0. The maximum Gasteiger partial charge on any atom is 0.261 e. The topological polar surface area (TPSA) is 38.3 Å². The van der Waals surface area contributed by atoms with Crippen LogP contribution in [-0.2, 0) is 4.74 Å². The van der Waals surface area contributed by atoms with Crippen molar-refractivity contribution in [3.63, 3.8) is 0 Å². The molecule has 0 bridgehead atoms. The van der Waals surface area contributed by atoms with Gasteiger partial charge in [-0.25, -0.2) is 0 Å². The number of thiophene rings is 1. The van der Waals surface area contributed by atoms with Crippen molar-refractivity contribution in [1.29, 1.82) is 0 Å². The Hall–Kier alpha value is 0.0900. The summed E-state index contributed by atoms with van der Waals surface area (Å²) >= 11 is 7.99. The molecular formula is C9H11Br2NO2S. The number of halogens is 2. The highest BCUT2D eigenvalue weighted by molar-refractivity contribution is 9.11. The van der Waals surface area contributed by atoms with Crippen LogP contribution >= 0.6 is 43.2 Å². The van der Waals surface area contributed by atoms with Crippen molar-refractivity contribution in [3.8, 4) is 0 Å². The number of carbonyl (C=O) groups excluding carboxylic acids is 1. The van der Waals surface area contributed by atoms with Crippen LogP contribution in [0.3, 0.4) is 0 Å². The number of rotatable bonds is 6. The van der Waals surface area contributed by atoms with Crippen LogP contribution in [-0.4, -0.2) is 31.0 Å². The first-order chi connectivity index (χ1) is 7.24. The molecule has 0 saturated carbocycles. The van der Waals surface area contributed by atoms with Crippen LogP contribution in [0.5, 0.6) is 0 Å². The van der Waals surface area contributed by atoms with E-state index in [2.05, 4.69) is 37.2 Å². The second kappa shape index (κ2) is 7.38. The first-order valence-electron chi connectivity index (χ1n) is 4.41. The predicted octanol–water partition coefficient (Wildman–Crippen LogP) is 2.65. The Labute approximate surface area is 109 Å². The van der Waals surface area contributed by atoms with Gasteiger partial charge >= 0.3 is 0 Å². The first kappa shape index (κ1) is 13.2. The molecule has 0 atom stereocenters. The molecule has 3 nitrogen and oxygen atoms in total. The molecule has 15 heavy (non-hydrogen) atoms. The molecule has 0 saturated heterocycles. The van der Waals surface area contributed by atoms with Crippen molar-refractivity contribution < 1.29 is 9.53 Å². The Kier molecular flexibility index (Phi) is 6.47. The molecule has 0 spiro atoms. The van der Waals surface area contributed by atoms with Crippen molar-refractivity contribution in [2.75, 3.05) is 25.1 Å². The number of carbonyl (C=O) groups is 1. The van der Waals surface area contributed by atoms with Crippen LogP contribution in [0.25, 0.3) is 0 Å². The average Bonchev–Trinajstić information content (AvgIpc) is 2.64. The number of alkyl halides is 1. The second-order valence-corrected chi connectivity index (χ2v) is 5.92. The summed E-state index contributed by atoms with van der Waals surface area (Å²) in [5, 5.41) is 3.60. The third kappa shape index (κ3) is 5.10. The number of hydrogen-bond acceptors (Lipinski definition) is 3. The molecule has 1 N–H and O–H groups in total. The third-order valence-corrected chi connectivity index (χ3v) is 3.50. The van der Waals surface area contributed by atoms with Crippen molar-refractivity contribution >= 4 is 49.1 Å². The highest BCUT2D eigenvalue weighted by atomic mass is 79.9. The standard InChI is InChI=1S/C9H11Br2NO2S/c10-3-5-14-6-4-12-9(13)7-1-2-8(11)15-7/h1-2H,3-6H2,(H,12,13). The molecule has 0 unspecified atom stereocenters. The van der Waals surface area contributed by atoms with E-state index < -0.39 is 0 Å². The average molecular weight is 357 g/mol. The summed E-state index contributed by atoms with van der Waals surface area (Å²) in [6.45, 7) is 1.76. The molecule has 0 aliphatic rings. The summed E-state index contributed by atoms with van der Waals surface area (Å²) < 4.78 is 6.17. The molecular weight excluding hydrogens is 346 g/mol. The monoisotopic (exact) mass is 355 g/mol. The zero-order chi connectivity index (χ0) is 11.1. The Morgan fingerprint density at radius 3 is 2.87 bits per heavy atom. The van der Waals surface area contributed by atoms with Crippen LogP contribution in [0.1, 0.15) is 9.67 Å². The van der Waals surface area contributed by atoms with Crippen molar-refractivity contribution in [3.05, 3.63) is 20.8 Å². The minimum atomic E-state index is -0.0480. The van der Waals surface area contributed by atoms with E-state index in [-0.39, 0.29) is 5.91 Å². The van der Waals surface area contributed by atoms with Gasteiger partial charge in [-0.1, -0.05) is 15.9 Å². The lowest BCUT2D eigenvalue weighted by Gasteiger charge is -2.03. The zero-order valence-electron chi connectivity index (χ0n) is 7.96. The number of nitrogens with one attached hydrogen (secondary N) is 1. The molecule has 1 amide bonds. The van der Waals surface area contributed by atoms with Crippen LogP contribution < -0.4 is 5.32 Å². The minimum absolute atomic E-state index is 0.0480. The molecule has 1 heterocycles. The fraction of sp³-hybridized carbons (Fsp3) is 0.444. The Balaban J connectivity index is 2.19. The number of amides is 1. The fourth-order valence-corrected chi connectivity index (χ4v) is 2.45. The number of hydrogen-bond donors (Lipinski definition) is 1. The van der Waals surface area contributed by atoms with E-state index in [9.17, 15) is 4.79 Å². The van der Waals surface area contributed by atoms with Crippen LogP contribution in [0, 0.1) is 0 Å². The van der Waals surface area contributed by atoms with E-state index in [1.165, 1.54) is 11.3 Å². The van der Waals surface area contributed by atoms with E-state index in [4.69, 9.17) is 4.74 Å². The highest BCUT2D eigenvalue weighted by Crippen LogP contribution is 2.21. The molecule has 1 aromatic heterocycles. The smallest absolute Gasteiger partial charge is 0.261 e. The Morgan fingerprint density at radius 2 is 2.27 bits per heavy atom. The Morgan fingerprint density at radius 1 is 1.47 bits per heavy atom. The van der Waals surface area contributed by atoms with Gasteiger partial charge in [-0.15, -0.1) is 11.3 Å². The largest absolute Gasteiger partial charge is 0.379 e. The second-order valence-electron chi connectivity index (χ2n) is 2.66. The summed E-state index contributed by atoms with van der Waals surface area (Å²) in [5.74, 6) is -0.0480. The zero-order valence-corrected chi connectivity index (χ0v) is 12.0. The van der Waals surface area contributed by atoms with Gasteiger partial charge in [0.05, 0.1) is 21.9 Å². The molecule has 0 aliphatic carbocycles. The SMILES string of the molecule is O=C(NCCOCCBr)c1ccc(Br)s1.